The van der Waals surface area contributed by atoms with Crippen molar-refractivity contribution in [1.29, 1.82) is 0 Å². The van der Waals surface area contributed by atoms with Crippen LogP contribution in [0.5, 0.6) is 5.75 Å². The number of hydrogen-bond acceptors (Lipinski definition) is 6. The lowest BCUT2D eigenvalue weighted by atomic mass is 10.1. The fourth-order valence-electron chi connectivity index (χ4n) is 2.41. The van der Waals surface area contributed by atoms with Gasteiger partial charge in [0.15, 0.2) is 0 Å². The van der Waals surface area contributed by atoms with Crippen molar-refractivity contribution in [2.24, 2.45) is 0 Å². The standard InChI is InChI=1S/C14H23N3O5S2/c1-3-23(18,19)17-13-10-12(22-2)4-5-14(13)24(20,21)16-11-6-8-15-9-7-11/h4-5,10-11,15-17H,3,6-9H2,1-2H3. The SMILES string of the molecule is CCS(=O)(=O)Nc1cc(OC)ccc1S(=O)(=O)NC1CCNCC1. The van der Waals surface area contributed by atoms with E-state index in [4.69, 9.17) is 4.74 Å². The first-order valence-electron chi connectivity index (χ1n) is 7.69. The van der Waals surface area contributed by atoms with Gasteiger partial charge >= 0.3 is 0 Å². The molecule has 0 bridgehead atoms. The molecule has 0 spiro atoms. The summed E-state index contributed by atoms with van der Waals surface area (Å²) in [6.45, 7) is 2.96. The van der Waals surface area contributed by atoms with E-state index in [0.29, 0.717) is 18.6 Å². The van der Waals surface area contributed by atoms with Crippen LogP contribution in [0.15, 0.2) is 23.1 Å². The molecule has 24 heavy (non-hydrogen) atoms. The van der Waals surface area contributed by atoms with Crippen molar-refractivity contribution in [3.63, 3.8) is 0 Å². The van der Waals surface area contributed by atoms with Gasteiger partial charge in [0.1, 0.15) is 10.6 Å². The molecule has 10 heteroatoms. The third-order valence-corrected chi connectivity index (χ3v) is 6.65. The predicted octanol–water partition coefficient (Wildman–Crippen LogP) is 0.487. The number of anilines is 1. The zero-order valence-electron chi connectivity index (χ0n) is 13.7. The first-order valence-corrected chi connectivity index (χ1v) is 10.8. The summed E-state index contributed by atoms with van der Waals surface area (Å²) in [5, 5.41) is 3.16. The fraction of sp³-hybridized carbons (Fsp3) is 0.571. The monoisotopic (exact) mass is 377 g/mol. The van der Waals surface area contributed by atoms with Crippen LogP contribution in [0.1, 0.15) is 19.8 Å². The molecule has 1 aromatic carbocycles. The van der Waals surface area contributed by atoms with E-state index in [9.17, 15) is 16.8 Å². The highest BCUT2D eigenvalue weighted by Crippen LogP contribution is 2.28. The van der Waals surface area contributed by atoms with Gasteiger partial charge in [-0.15, -0.1) is 0 Å². The maximum Gasteiger partial charge on any atom is 0.242 e. The number of sulfonamides is 2. The minimum absolute atomic E-state index is 0.0161. The average molecular weight is 377 g/mol. The van der Waals surface area contributed by atoms with Gasteiger partial charge in [0.25, 0.3) is 0 Å². The Morgan fingerprint density at radius 1 is 1.21 bits per heavy atom. The van der Waals surface area contributed by atoms with Crippen LogP contribution in [0.4, 0.5) is 5.69 Å². The van der Waals surface area contributed by atoms with Gasteiger partial charge in [0.2, 0.25) is 20.0 Å². The normalized spacial score (nSPS) is 16.8. The van der Waals surface area contributed by atoms with Gasteiger partial charge in [-0.3, -0.25) is 4.72 Å². The minimum Gasteiger partial charge on any atom is -0.497 e. The van der Waals surface area contributed by atoms with Crippen LogP contribution >= 0.6 is 0 Å². The van der Waals surface area contributed by atoms with Crippen molar-refractivity contribution >= 4 is 25.7 Å². The molecular formula is C14H23N3O5S2. The largest absolute Gasteiger partial charge is 0.497 e. The topological polar surface area (TPSA) is 114 Å². The van der Waals surface area contributed by atoms with E-state index in [1.54, 1.807) is 0 Å². The van der Waals surface area contributed by atoms with Crippen molar-refractivity contribution in [2.45, 2.75) is 30.7 Å². The summed E-state index contributed by atoms with van der Waals surface area (Å²) in [5.74, 6) is 0.204. The molecule has 1 aliphatic rings. The van der Waals surface area contributed by atoms with Crippen molar-refractivity contribution in [3.05, 3.63) is 18.2 Å². The summed E-state index contributed by atoms with van der Waals surface area (Å²) in [6, 6.07) is 4.02. The van der Waals surface area contributed by atoms with Crippen LogP contribution in [0.25, 0.3) is 0 Å². The third-order valence-electron chi connectivity index (χ3n) is 3.78. The average Bonchev–Trinajstić information content (AvgIpc) is 2.54. The predicted molar refractivity (Wildman–Crippen MR) is 92.3 cm³/mol. The molecule has 1 aromatic rings. The maximum absolute atomic E-state index is 12.7. The number of ether oxygens (including phenoxy) is 1. The number of nitrogens with one attached hydrogen (secondary N) is 3. The van der Waals surface area contributed by atoms with E-state index in [2.05, 4.69) is 14.8 Å². The van der Waals surface area contributed by atoms with E-state index in [-0.39, 0.29) is 22.4 Å². The molecule has 0 unspecified atom stereocenters. The molecule has 0 aliphatic carbocycles. The Bertz CT molecular complexity index is 772. The van der Waals surface area contributed by atoms with E-state index in [1.807, 2.05) is 0 Å². The smallest absolute Gasteiger partial charge is 0.242 e. The van der Waals surface area contributed by atoms with Gasteiger partial charge < -0.3 is 10.1 Å². The number of rotatable bonds is 7. The van der Waals surface area contributed by atoms with E-state index in [1.165, 1.54) is 32.2 Å². The van der Waals surface area contributed by atoms with Gasteiger partial charge in [0, 0.05) is 12.1 Å². The molecule has 0 saturated carbocycles. The number of hydrogen-bond donors (Lipinski definition) is 3. The van der Waals surface area contributed by atoms with Crippen molar-refractivity contribution in [2.75, 3.05) is 30.7 Å². The lowest BCUT2D eigenvalue weighted by Gasteiger charge is -2.24. The van der Waals surface area contributed by atoms with E-state index < -0.39 is 20.0 Å². The Balaban J connectivity index is 2.36. The number of methoxy groups -OCH3 is 1. The second-order valence-electron chi connectivity index (χ2n) is 5.51. The first-order chi connectivity index (χ1) is 11.3. The number of benzene rings is 1. The molecule has 1 saturated heterocycles. The minimum atomic E-state index is -3.86. The fourth-order valence-corrected chi connectivity index (χ4v) is 4.57. The Kier molecular flexibility index (Phi) is 6.07. The molecule has 0 aromatic heterocycles. The third kappa shape index (κ3) is 4.82. The second-order valence-corrected chi connectivity index (χ2v) is 9.21. The molecule has 3 N–H and O–H groups in total. The highest BCUT2D eigenvalue weighted by Gasteiger charge is 2.25. The zero-order chi connectivity index (χ0) is 17.8. The van der Waals surface area contributed by atoms with Crippen LogP contribution in [0.3, 0.4) is 0 Å². The Morgan fingerprint density at radius 3 is 2.46 bits per heavy atom. The zero-order valence-corrected chi connectivity index (χ0v) is 15.3. The molecule has 136 valence electrons. The van der Waals surface area contributed by atoms with Gasteiger partial charge in [-0.1, -0.05) is 0 Å². The molecule has 1 fully saturated rings. The van der Waals surface area contributed by atoms with E-state index >= 15 is 0 Å². The molecule has 2 rings (SSSR count). The van der Waals surface area contributed by atoms with Gasteiger partial charge in [-0.05, 0) is 45.0 Å². The lowest BCUT2D eigenvalue weighted by Crippen LogP contribution is -2.42. The Labute approximate surface area is 143 Å². The molecule has 0 radical (unpaired) electrons. The summed E-state index contributed by atoms with van der Waals surface area (Å²) in [4.78, 5) is -0.112. The van der Waals surface area contributed by atoms with Gasteiger partial charge in [-0.25, -0.2) is 21.6 Å². The van der Waals surface area contributed by atoms with Crippen LogP contribution < -0.4 is 19.5 Å². The number of piperidine rings is 1. The lowest BCUT2D eigenvalue weighted by molar-refractivity contribution is 0.414. The summed E-state index contributed by atoms with van der Waals surface area (Å²) >= 11 is 0. The molecule has 1 heterocycles. The summed E-state index contributed by atoms with van der Waals surface area (Å²) < 4.78 is 59.1. The molecule has 1 aliphatic heterocycles. The van der Waals surface area contributed by atoms with Crippen LogP contribution in [-0.4, -0.2) is 48.8 Å². The van der Waals surface area contributed by atoms with Crippen molar-refractivity contribution in [1.82, 2.24) is 10.0 Å². The van der Waals surface area contributed by atoms with Crippen molar-refractivity contribution < 1.29 is 21.6 Å². The van der Waals surface area contributed by atoms with Crippen LogP contribution in [0, 0.1) is 0 Å². The second kappa shape index (κ2) is 7.68. The summed E-state index contributed by atoms with van der Waals surface area (Å²) in [7, 11) is -6.05. The van der Waals surface area contributed by atoms with E-state index in [0.717, 1.165) is 13.1 Å². The molecule has 0 amide bonds. The highest BCUT2D eigenvalue weighted by atomic mass is 32.2. The maximum atomic E-state index is 12.7. The Hall–Kier alpha value is -1.36. The quantitative estimate of drug-likeness (QED) is 0.637. The van der Waals surface area contributed by atoms with Crippen LogP contribution in [0.2, 0.25) is 0 Å². The molecule has 0 atom stereocenters. The summed E-state index contributed by atoms with van der Waals surface area (Å²) in [5.41, 5.74) is -0.0161. The Morgan fingerprint density at radius 2 is 1.88 bits per heavy atom. The van der Waals surface area contributed by atoms with Crippen molar-refractivity contribution in [3.8, 4) is 5.75 Å². The van der Waals surface area contributed by atoms with Crippen LogP contribution in [-0.2, 0) is 20.0 Å². The molecular weight excluding hydrogens is 354 g/mol. The summed E-state index contributed by atoms with van der Waals surface area (Å²) in [6.07, 6.45) is 1.37. The first kappa shape index (κ1) is 19.0. The van der Waals surface area contributed by atoms with Gasteiger partial charge in [-0.2, -0.15) is 0 Å². The molecule has 8 nitrogen and oxygen atoms in total. The van der Waals surface area contributed by atoms with Gasteiger partial charge in [0.05, 0.1) is 18.6 Å². The highest BCUT2D eigenvalue weighted by molar-refractivity contribution is 7.93.